The summed E-state index contributed by atoms with van der Waals surface area (Å²) in [6, 6.07) is -1.42. The zero-order chi connectivity index (χ0) is 22.4. The Morgan fingerprint density at radius 3 is 2.23 bits per heavy atom. The Labute approximate surface area is 168 Å². The standard InChI is InChI=1S/C18H20F2N2O8/c1-7(23)4-11-14(28-8(2)24)15(29-9(3)25)13(30-11)10-6-22(12-5-18(12,19)20)17(27)21-16(10)26/h6,11-15H,4-5H2,1-3H3,(H,21,26,27)/t11-,12?,13+,14-,15+/m1/s1. The van der Waals surface area contributed by atoms with Crippen LogP contribution in [0.15, 0.2) is 15.8 Å². The van der Waals surface area contributed by atoms with Crippen LogP contribution in [0.4, 0.5) is 8.78 Å². The lowest BCUT2D eigenvalue weighted by Crippen LogP contribution is -2.40. The molecule has 164 valence electrons. The van der Waals surface area contributed by atoms with Crippen molar-refractivity contribution < 1.29 is 37.4 Å². The van der Waals surface area contributed by atoms with Crippen LogP contribution in [0.3, 0.4) is 0 Å². The van der Waals surface area contributed by atoms with Gasteiger partial charge >= 0.3 is 17.6 Å². The van der Waals surface area contributed by atoms with Crippen LogP contribution in [0.1, 0.15) is 51.3 Å². The molecule has 2 fully saturated rings. The first-order chi connectivity index (χ1) is 13.9. The molecule has 10 nitrogen and oxygen atoms in total. The molecule has 1 saturated carbocycles. The third kappa shape index (κ3) is 4.32. The van der Waals surface area contributed by atoms with Crippen molar-refractivity contribution in [1.29, 1.82) is 0 Å². The van der Waals surface area contributed by atoms with Crippen molar-refractivity contribution >= 4 is 17.7 Å². The number of hydrogen-bond acceptors (Lipinski definition) is 8. The van der Waals surface area contributed by atoms with E-state index >= 15 is 0 Å². The van der Waals surface area contributed by atoms with Crippen LogP contribution in [0.5, 0.6) is 0 Å². The quantitative estimate of drug-likeness (QED) is 0.641. The van der Waals surface area contributed by atoms with Gasteiger partial charge in [-0.15, -0.1) is 0 Å². The molecule has 1 aliphatic heterocycles. The van der Waals surface area contributed by atoms with Crippen LogP contribution in [0, 0.1) is 0 Å². The molecule has 5 atom stereocenters. The number of nitrogens with one attached hydrogen (secondary N) is 1. The van der Waals surface area contributed by atoms with Crippen molar-refractivity contribution in [3.63, 3.8) is 0 Å². The number of rotatable bonds is 6. The Kier molecular flexibility index (Phi) is 5.63. The van der Waals surface area contributed by atoms with Crippen molar-refractivity contribution in [1.82, 2.24) is 9.55 Å². The second kappa shape index (κ2) is 7.74. The highest BCUT2D eigenvalue weighted by Crippen LogP contribution is 2.52. The summed E-state index contributed by atoms with van der Waals surface area (Å²) in [5.41, 5.74) is -2.23. The van der Waals surface area contributed by atoms with Crippen molar-refractivity contribution in [2.45, 2.75) is 70.0 Å². The van der Waals surface area contributed by atoms with E-state index in [1.165, 1.54) is 6.92 Å². The number of aromatic nitrogens is 2. The molecule has 1 unspecified atom stereocenters. The molecule has 12 heteroatoms. The molecular formula is C18H20F2N2O8. The SMILES string of the molecule is CC(=O)C[C@H]1O[C@@H](c2cn(C3CC3(F)F)c(=O)[nH]c2=O)[C@H](OC(C)=O)[C@@H]1OC(C)=O. The van der Waals surface area contributed by atoms with E-state index in [4.69, 9.17) is 14.2 Å². The van der Waals surface area contributed by atoms with Crippen molar-refractivity contribution in [2.24, 2.45) is 0 Å². The number of aromatic amines is 1. The second-order valence-electron chi connectivity index (χ2n) is 7.38. The normalized spacial score (nSPS) is 29.3. The van der Waals surface area contributed by atoms with Gasteiger partial charge in [0.2, 0.25) is 0 Å². The van der Waals surface area contributed by atoms with E-state index < -0.39 is 66.0 Å². The van der Waals surface area contributed by atoms with Crippen molar-refractivity contribution in [2.75, 3.05) is 0 Å². The average Bonchev–Trinajstić information content (AvgIpc) is 3.11. The summed E-state index contributed by atoms with van der Waals surface area (Å²) in [4.78, 5) is 61.1. The highest BCUT2D eigenvalue weighted by atomic mass is 19.3. The number of halogens is 2. The molecule has 0 radical (unpaired) electrons. The van der Waals surface area contributed by atoms with Crippen molar-refractivity contribution in [3.8, 4) is 0 Å². The summed E-state index contributed by atoms with van der Waals surface area (Å²) in [6.07, 6.45) is -4.82. The zero-order valence-electron chi connectivity index (χ0n) is 16.3. The van der Waals surface area contributed by atoms with Gasteiger partial charge in [-0.25, -0.2) is 13.6 Å². The Morgan fingerprint density at radius 1 is 1.17 bits per heavy atom. The molecule has 1 saturated heterocycles. The number of carbonyl (C=O) groups excluding carboxylic acids is 3. The number of hydrogen-bond donors (Lipinski definition) is 1. The number of carbonyl (C=O) groups is 3. The zero-order valence-corrected chi connectivity index (χ0v) is 16.3. The smallest absolute Gasteiger partial charge is 0.328 e. The predicted octanol–water partition coefficient (Wildman–Crippen LogP) is 0.399. The highest BCUT2D eigenvalue weighted by molar-refractivity contribution is 5.76. The van der Waals surface area contributed by atoms with Gasteiger partial charge < -0.3 is 14.2 Å². The summed E-state index contributed by atoms with van der Waals surface area (Å²) >= 11 is 0. The van der Waals surface area contributed by atoms with Crippen LogP contribution in [-0.2, 0) is 28.6 Å². The Balaban J connectivity index is 2.05. The summed E-state index contributed by atoms with van der Waals surface area (Å²) in [7, 11) is 0. The van der Waals surface area contributed by atoms with Gasteiger partial charge in [0.1, 0.15) is 24.0 Å². The number of alkyl halides is 2. The van der Waals surface area contributed by atoms with E-state index in [0.717, 1.165) is 20.0 Å². The van der Waals surface area contributed by atoms with Crippen LogP contribution in [0.2, 0.25) is 0 Å². The maximum absolute atomic E-state index is 13.5. The first kappa shape index (κ1) is 21.8. The van der Waals surface area contributed by atoms with Gasteiger partial charge in [0, 0.05) is 32.9 Å². The van der Waals surface area contributed by atoms with Gasteiger partial charge in [-0.05, 0) is 6.92 Å². The molecule has 1 aromatic rings. The minimum absolute atomic E-state index is 0.218. The molecule has 0 spiro atoms. The van der Waals surface area contributed by atoms with Crippen LogP contribution >= 0.6 is 0 Å². The van der Waals surface area contributed by atoms with Crippen LogP contribution in [-0.4, -0.2) is 51.5 Å². The average molecular weight is 430 g/mol. The molecule has 1 N–H and O–H groups in total. The van der Waals surface area contributed by atoms with E-state index in [9.17, 15) is 32.8 Å². The van der Waals surface area contributed by atoms with Gasteiger partial charge in [-0.1, -0.05) is 0 Å². The van der Waals surface area contributed by atoms with Crippen LogP contribution in [0.25, 0.3) is 0 Å². The minimum Gasteiger partial charge on any atom is -0.456 e. The van der Waals surface area contributed by atoms with E-state index in [1.807, 2.05) is 4.98 Å². The summed E-state index contributed by atoms with van der Waals surface area (Å²) < 4.78 is 43.8. The Morgan fingerprint density at radius 2 is 1.73 bits per heavy atom. The summed E-state index contributed by atoms with van der Waals surface area (Å²) in [5, 5.41) is 0. The number of ether oxygens (including phenoxy) is 3. The molecule has 1 aromatic heterocycles. The second-order valence-corrected chi connectivity index (χ2v) is 7.38. The van der Waals surface area contributed by atoms with Gasteiger partial charge in [-0.3, -0.25) is 28.7 Å². The Bertz CT molecular complexity index is 1000. The number of esters is 2. The largest absolute Gasteiger partial charge is 0.456 e. The first-order valence-electron chi connectivity index (χ1n) is 9.13. The molecule has 0 bridgehead atoms. The minimum atomic E-state index is -3.09. The lowest BCUT2D eigenvalue weighted by molar-refractivity contribution is -0.164. The van der Waals surface area contributed by atoms with E-state index in [-0.39, 0.29) is 17.8 Å². The fraction of sp³-hybridized carbons (Fsp3) is 0.611. The van der Waals surface area contributed by atoms with Crippen molar-refractivity contribution in [3.05, 3.63) is 32.6 Å². The molecular weight excluding hydrogens is 410 g/mol. The van der Waals surface area contributed by atoms with E-state index in [2.05, 4.69) is 0 Å². The monoisotopic (exact) mass is 430 g/mol. The molecule has 3 rings (SSSR count). The lowest BCUT2D eigenvalue weighted by atomic mass is 10.0. The third-order valence-corrected chi connectivity index (χ3v) is 4.83. The fourth-order valence-electron chi connectivity index (χ4n) is 3.52. The van der Waals surface area contributed by atoms with Gasteiger partial charge in [0.05, 0.1) is 5.56 Å². The maximum Gasteiger partial charge on any atom is 0.328 e. The van der Waals surface area contributed by atoms with E-state index in [0.29, 0.717) is 4.57 Å². The number of H-pyrrole nitrogens is 1. The van der Waals surface area contributed by atoms with Gasteiger partial charge in [0.25, 0.3) is 11.5 Å². The Hall–Kier alpha value is -2.89. The summed E-state index contributed by atoms with van der Waals surface area (Å²) in [5.74, 6) is -4.95. The van der Waals surface area contributed by atoms with Crippen LogP contribution < -0.4 is 11.2 Å². The number of nitrogens with zero attached hydrogens (tertiary/aromatic N) is 1. The molecule has 2 heterocycles. The van der Waals surface area contributed by atoms with E-state index in [1.54, 1.807) is 0 Å². The first-order valence-corrected chi connectivity index (χ1v) is 9.13. The fourth-order valence-corrected chi connectivity index (χ4v) is 3.52. The number of ketones is 1. The molecule has 0 amide bonds. The van der Waals surface area contributed by atoms with Gasteiger partial charge in [0.15, 0.2) is 12.2 Å². The molecule has 0 aromatic carbocycles. The maximum atomic E-state index is 13.5. The molecule has 30 heavy (non-hydrogen) atoms. The number of Topliss-reactive ketones (excluding diaryl/α,β-unsaturated/α-hetero) is 1. The topological polar surface area (TPSA) is 134 Å². The third-order valence-electron chi connectivity index (χ3n) is 4.83. The molecule has 1 aliphatic carbocycles. The van der Waals surface area contributed by atoms with Gasteiger partial charge in [-0.2, -0.15) is 0 Å². The molecule has 2 aliphatic rings. The highest BCUT2D eigenvalue weighted by Gasteiger charge is 2.59. The summed E-state index contributed by atoms with van der Waals surface area (Å²) in [6.45, 7) is 3.45. The lowest BCUT2D eigenvalue weighted by Gasteiger charge is -2.23. The predicted molar refractivity (Wildman–Crippen MR) is 93.9 cm³/mol.